The lowest BCUT2D eigenvalue weighted by Crippen LogP contribution is -2.07. The van der Waals surface area contributed by atoms with Gasteiger partial charge in [0, 0.05) is 20.1 Å². The van der Waals surface area contributed by atoms with E-state index in [1.54, 1.807) is 14.1 Å². The van der Waals surface area contributed by atoms with Crippen LogP contribution in [0.15, 0.2) is 0 Å². The maximum absolute atomic E-state index is 8.71. The molecule has 0 aliphatic carbocycles. The summed E-state index contributed by atoms with van der Waals surface area (Å²) in [6, 6.07) is 4.14. The van der Waals surface area contributed by atoms with Gasteiger partial charge in [-0.3, -0.25) is 0 Å². The highest BCUT2D eigenvalue weighted by Gasteiger charge is 2.11. The predicted octanol–water partition coefficient (Wildman–Crippen LogP) is 0.434. The predicted molar refractivity (Wildman–Crippen MR) is 58.3 cm³/mol. The number of terminal acetylenes is 1. The first-order valence-corrected chi connectivity index (χ1v) is 4.16. The molecule has 0 aromatic carbocycles. The molecule has 1 rings (SSSR count). The summed E-state index contributed by atoms with van der Waals surface area (Å²) < 4.78 is 0. The van der Waals surface area contributed by atoms with E-state index in [0.29, 0.717) is 17.3 Å². The molecule has 1 aromatic heterocycles. The van der Waals surface area contributed by atoms with Gasteiger partial charge in [-0.2, -0.15) is 15.2 Å². The number of nitriles is 1. The van der Waals surface area contributed by atoms with Gasteiger partial charge >= 0.3 is 0 Å². The lowest BCUT2D eigenvalue weighted by Gasteiger charge is -2.11. The molecule has 6 nitrogen and oxygen atoms in total. The van der Waals surface area contributed by atoms with Gasteiger partial charge in [-0.05, 0) is 0 Å². The van der Waals surface area contributed by atoms with E-state index in [2.05, 4.69) is 32.0 Å². The molecule has 0 fully saturated rings. The number of nitrogens with zero attached hydrogens (tertiary/aromatic N) is 3. The van der Waals surface area contributed by atoms with Crippen LogP contribution in [0.25, 0.3) is 0 Å². The average molecular weight is 202 g/mol. The Balaban J connectivity index is 3.35. The molecule has 0 atom stereocenters. The SMILES string of the molecule is C#CNc1c(NC)nc(C#N)nc1NC. The Morgan fingerprint density at radius 2 is 1.73 bits per heavy atom. The van der Waals surface area contributed by atoms with Gasteiger partial charge < -0.3 is 16.0 Å². The van der Waals surface area contributed by atoms with Crippen molar-refractivity contribution in [2.24, 2.45) is 0 Å². The summed E-state index contributed by atoms with van der Waals surface area (Å²) >= 11 is 0. The minimum atomic E-state index is 0.0753. The maximum Gasteiger partial charge on any atom is 0.236 e. The van der Waals surface area contributed by atoms with Crippen molar-refractivity contribution < 1.29 is 0 Å². The van der Waals surface area contributed by atoms with Crippen LogP contribution in [0.5, 0.6) is 0 Å². The second kappa shape index (κ2) is 4.68. The van der Waals surface area contributed by atoms with Crippen molar-refractivity contribution >= 4 is 17.3 Å². The highest BCUT2D eigenvalue weighted by atomic mass is 15.1. The molecule has 1 heterocycles. The summed E-state index contributed by atoms with van der Waals surface area (Å²) in [4.78, 5) is 7.91. The van der Waals surface area contributed by atoms with Crippen LogP contribution in [-0.4, -0.2) is 24.1 Å². The number of nitrogens with one attached hydrogen (secondary N) is 3. The molecule has 0 amide bonds. The quantitative estimate of drug-likeness (QED) is 0.487. The molecule has 15 heavy (non-hydrogen) atoms. The van der Waals surface area contributed by atoms with Gasteiger partial charge in [0.25, 0.3) is 0 Å². The van der Waals surface area contributed by atoms with Crippen LogP contribution in [0, 0.1) is 23.8 Å². The first-order chi connectivity index (χ1) is 7.26. The lowest BCUT2D eigenvalue weighted by molar-refractivity contribution is 1.11. The molecular formula is C9H10N6. The van der Waals surface area contributed by atoms with Gasteiger partial charge in [0.15, 0.2) is 11.6 Å². The highest BCUT2D eigenvalue weighted by Crippen LogP contribution is 2.26. The van der Waals surface area contributed by atoms with Crippen molar-refractivity contribution in [3.8, 4) is 18.5 Å². The number of aromatic nitrogens is 2. The molecule has 0 saturated carbocycles. The molecule has 0 radical (unpaired) electrons. The van der Waals surface area contributed by atoms with E-state index in [1.807, 2.05) is 6.07 Å². The van der Waals surface area contributed by atoms with Gasteiger partial charge in [0.1, 0.15) is 11.8 Å². The number of anilines is 3. The van der Waals surface area contributed by atoms with Gasteiger partial charge in [0.05, 0.1) is 0 Å². The molecule has 3 N–H and O–H groups in total. The van der Waals surface area contributed by atoms with Crippen molar-refractivity contribution in [3.05, 3.63) is 5.82 Å². The van der Waals surface area contributed by atoms with Crippen LogP contribution >= 0.6 is 0 Å². The Morgan fingerprint density at radius 3 is 2.07 bits per heavy atom. The minimum absolute atomic E-state index is 0.0753. The van der Waals surface area contributed by atoms with E-state index in [1.165, 1.54) is 0 Å². The van der Waals surface area contributed by atoms with Crippen LogP contribution in [0.1, 0.15) is 5.82 Å². The third-order valence-corrected chi connectivity index (χ3v) is 1.68. The van der Waals surface area contributed by atoms with E-state index in [0.717, 1.165) is 0 Å². The number of hydrogen-bond donors (Lipinski definition) is 3. The van der Waals surface area contributed by atoms with Crippen molar-refractivity contribution in [3.63, 3.8) is 0 Å². The molecule has 1 aromatic rings. The summed E-state index contributed by atoms with van der Waals surface area (Å²) in [5.74, 6) is 1.03. The standard InChI is InChI=1S/C9H10N6/c1-4-13-7-8(11-2)14-6(5-10)15-9(7)12-3/h1,13H,2-3H3,(H2,11,12,14,15). The van der Waals surface area contributed by atoms with Crippen LogP contribution < -0.4 is 16.0 Å². The fourth-order valence-electron chi connectivity index (χ4n) is 1.06. The molecule has 0 aliphatic rings. The third kappa shape index (κ3) is 2.06. The summed E-state index contributed by atoms with van der Waals surface area (Å²) in [5.41, 5.74) is 0.543. The lowest BCUT2D eigenvalue weighted by atomic mass is 10.4. The fourth-order valence-corrected chi connectivity index (χ4v) is 1.06. The minimum Gasteiger partial charge on any atom is -0.371 e. The van der Waals surface area contributed by atoms with Gasteiger partial charge in [-0.1, -0.05) is 6.42 Å². The Labute approximate surface area is 87.7 Å². The largest absolute Gasteiger partial charge is 0.371 e. The van der Waals surface area contributed by atoms with Gasteiger partial charge in [0.2, 0.25) is 5.82 Å². The van der Waals surface area contributed by atoms with Crippen molar-refractivity contribution in [2.45, 2.75) is 0 Å². The van der Waals surface area contributed by atoms with Crippen molar-refractivity contribution in [1.29, 1.82) is 5.26 Å². The maximum atomic E-state index is 8.71. The normalized spacial score (nSPS) is 8.53. The molecular weight excluding hydrogens is 192 g/mol. The fraction of sp³-hybridized carbons (Fsp3) is 0.222. The first kappa shape index (κ1) is 10.6. The Hall–Kier alpha value is -2.47. The Bertz CT molecular complexity index is 414. The summed E-state index contributed by atoms with van der Waals surface area (Å²) in [5, 5.41) is 17.0. The van der Waals surface area contributed by atoms with Crippen molar-refractivity contribution in [1.82, 2.24) is 9.97 Å². The van der Waals surface area contributed by atoms with E-state index in [4.69, 9.17) is 11.7 Å². The van der Waals surface area contributed by atoms with Gasteiger partial charge in [-0.15, -0.1) is 0 Å². The molecule has 6 heteroatoms. The summed E-state index contributed by atoms with van der Waals surface area (Å²) in [6.45, 7) is 0. The third-order valence-electron chi connectivity index (χ3n) is 1.68. The molecule has 0 bridgehead atoms. The number of rotatable bonds is 3. The van der Waals surface area contributed by atoms with E-state index >= 15 is 0 Å². The first-order valence-electron chi connectivity index (χ1n) is 4.16. The molecule has 0 saturated heterocycles. The monoisotopic (exact) mass is 202 g/mol. The van der Waals surface area contributed by atoms with Crippen LogP contribution in [-0.2, 0) is 0 Å². The van der Waals surface area contributed by atoms with Crippen LogP contribution in [0.3, 0.4) is 0 Å². The van der Waals surface area contributed by atoms with Gasteiger partial charge in [-0.25, -0.2) is 0 Å². The van der Waals surface area contributed by atoms with Crippen molar-refractivity contribution in [2.75, 3.05) is 30.0 Å². The van der Waals surface area contributed by atoms with Crippen LogP contribution in [0.2, 0.25) is 0 Å². The zero-order valence-electron chi connectivity index (χ0n) is 8.42. The van der Waals surface area contributed by atoms with Crippen LogP contribution in [0.4, 0.5) is 17.3 Å². The zero-order chi connectivity index (χ0) is 11.3. The smallest absolute Gasteiger partial charge is 0.236 e. The zero-order valence-corrected chi connectivity index (χ0v) is 8.42. The molecule has 0 unspecified atom stereocenters. The Morgan fingerprint density at radius 1 is 1.20 bits per heavy atom. The van der Waals surface area contributed by atoms with E-state index < -0.39 is 0 Å². The summed E-state index contributed by atoms with van der Waals surface area (Å²) in [7, 11) is 3.37. The second-order valence-corrected chi connectivity index (χ2v) is 2.50. The number of hydrogen-bond acceptors (Lipinski definition) is 6. The highest BCUT2D eigenvalue weighted by molar-refractivity contribution is 5.78. The van der Waals surface area contributed by atoms with E-state index in [-0.39, 0.29) is 5.82 Å². The molecule has 0 aliphatic heterocycles. The molecule has 0 spiro atoms. The average Bonchev–Trinajstić information content (AvgIpc) is 2.29. The topological polar surface area (TPSA) is 85.7 Å². The van der Waals surface area contributed by atoms with E-state index in [9.17, 15) is 0 Å². The summed E-state index contributed by atoms with van der Waals surface area (Å²) in [6.07, 6.45) is 5.14. The Kier molecular flexibility index (Phi) is 3.31. The molecule has 76 valence electrons. The second-order valence-electron chi connectivity index (χ2n) is 2.50.